The number of amides is 1. The highest BCUT2D eigenvalue weighted by atomic mass is 16.6. The molecule has 1 aromatic heterocycles. The summed E-state index contributed by atoms with van der Waals surface area (Å²) in [6.45, 7) is 7.78. The van der Waals surface area contributed by atoms with Crippen LogP contribution in [0.1, 0.15) is 37.6 Å². The summed E-state index contributed by atoms with van der Waals surface area (Å²) < 4.78 is 7.61. The second-order valence-electron chi connectivity index (χ2n) is 7.60. The molecule has 0 atom stereocenters. The first kappa shape index (κ1) is 17.4. The van der Waals surface area contributed by atoms with Crippen molar-refractivity contribution in [1.82, 2.24) is 9.47 Å². The average molecular weight is 341 g/mol. The predicted octanol–water partition coefficient (Wildman–Crippen LogP) is 3.93. The van der Waals surface area contributed by atoms with Gasteiger partial charge in [0.15, 0.2) is 0 Å². The van der Waals surface area contributed by atoms with E-state index in [0.717, 1.165) is 18.7 Å². The summed E-state index contributed by atoms with van der Waals surface area (Å²) in [5.41, 5.74) is 4.34. The van der Waals surface area contributed by atoms with Crippen LogP contribution in [0, 0.1) is 0 Å². The highest BCUT2D eigenvalue weighted by Crippen LogP contribution is 2.24. The van der Waals surface area contributed by atoms with Gasteiger partial charge < -0.3 is 19.5 Å². The Bertz CT molecular complexity index is 759. The molecule has 3 rings (SSSR count). The van der Waals surface area contributed by atoms with Crippen molar-refractivity contribution in [2.45, 2.75) is 45.9 Å². The van der Waals surface area contributed by atoms with Gasteiger partial charge in [-0.05, 0) is 62.6 Å². The topological polar surface area (TPSA) is 46.5 Å². The Kier molecular flexibility index (Phi) is 4.75. The van der Waals surface area contributed by atoms with Gasteiger partial charge in [0, 0.05) is 37.7 Å². The molecule has 25 heavy (non-hydrogen) atoms. The number of rotatable bonds is 3. The number of hydrogen-bond donors (Lipinski definition) is 1. The molecule has 0 bridgehead atoms. The summed E-state index contributed by atoms with van der Waals surface area (Å²) in [6.07, 6.45) is 2.68. The van der Waals surface area contributed by atoms with Gasteiger partial charge in [-0.2, -0.15) is 0 Å². The number of fused-ring (bicyclic) bond motifs is 1. The molecule has 0 saturated heterocycles. The number of aryl methyl sites for hydroxylation is 1. The molecule has 134 valence electrons. The van der Waals surface area contributed by atoms with Crippen LogP contribution < -0.4 is 5.32 Å². The summed E-state index contributed by atoms with van der Waals surface area (Å²) in [5.74, 6) is 0. The first-order valence-electron chi connectivity index (χ1n) is 8.76. The molecule has 5 nitrogen and oxygen atoms in total. The Hall–Kier alpha value is -2.43. The molecule has 0 unspecified atom stereocenters. The monoisotopic (exact) mass is 341 g/mol. The molecule has 5 heteroatoms. The molecular weight excluding hydrogens is 314 g/mol. The molecule has 1 aliphatic rings. The lowest BCUT2D eigenvalue weighted by molar-refractivity contribution is 0.0224. The number of anilines is 1. The zero-order valence-corrected chi connectivity index (χ0v) is 15.5. The fourth-order valence-corrected chi connectivity index (χ4v) is 3.02. The van der Waals surface area contributed by atoms with Gasteiger partial charge in [-0.25, -0.2) is 4.79 Å². The van der Waals surface area contributed by atoms with Crippen LogP contribution in [-0.4, -0.2) is 27.7 Å². The third-order valence-electron chi connectivity index (χ3n) is 4.40. The molecular formula is C20H27N3O2. The SMILES string of the molecule is Cn1cccc1CNc1ccc2c(c1)CN(C(=O)OC(C)(C)C)CC2. The molecule has 1 aromatic carbocycles. The smallest absolute Gasteiger partial charge is 0.410 e. The minimum atomic E-state index is -0.462. The van der Waals surface area contributed by atoms with E-state index in [0.29, 0.717) is 13.1 Å². The third-order valence-corrected chi connectivity index (χ3v) is 4.40. The Balaban J connectivity index is 1.67. The molecule has 1 amide bonds. The number of hydrogen-bond acceptors (Lipinski definition) is 3. The van der Waals surface area contributed by atoms with Crippen molar-refractivity contribution in [2.24, 2.45) is 7.05 Å². The van der Waals surface area contributed by atoms with Gasteiger partial charge in [0.25, 0.3) is 0 Å². The zero-order chi connectivity index (χ0) is 18.0. The minimum absolute atomic E-state index is 0.236. The number of carbonyl (C=O) groups is 1. The minimum Gasteiger partial charge on any atom is -0.444 e. The normalized spacial score (nSPS) is 14.2. The lowest BCUT2D eigenvalue weighted by Crippen LogP contribution is -2.39. The van der Waals surface area contributed by atoms with E-state index in [4.69, 9.17) is 4.74 Å². The summed E-state index contributed by atoms with van der Waals surface area (Å²) in [5, 5.41) is 3.46. The molecule has 0 radical (unpaired) electrons. The van der Waals surface area contributed by atoms with Crippen molar-refractivity contribution < 1.29 is 9.53 Å². The van der Waals surface area contributed by atoms with E-state index >= 15 is 0 Å². The maximum atomic E-state index is 12.3. The zero-order valence-electron chi connectivity index (χ0n) is 15.5. The average Bonchev–Trinajstić information content (AvgIpc) is 2.95. The number of aromatic nitrogens is 1. The molecule has 0 fully saturated rings. The Morgan fingerprint density at radius 1 is 1.24 bits per heavy atom. The number of nitrogens with one attached hydrogen (secondary N) is 1. The van der Waals surface area contributed by atoms with E-state index in [1.165, 1.54) is 16.8 Å². The van der Waals surface area contributed by atoms with Gasteiger partial charge in [-0.1, -0.05) is 6.07 Å². The number of carbonyl (C=O) groups excluding carboxylic acids is 1. The van der Waals surface area contributed by atoms with Crippen LogP contribution in [0.25, 0.3) is 0 Å². The molecule has 0 spiro atoms. The second-order valence-corrected chi connectivity index (χ2v) is 7.60. The Labute approximate surface area is 149 Å². The summed E-state index contributed by atoms with van der Waals surface area (Å²) >= 11 is 0. The summed E-state index contributed by atoms with van der Waals surface area (Å²) in [4.78, 5) is 14.1. The standard InChI is InChI=1S/C20H27N3O2/c1-20(2,3)25-19(24)23-11-9-15-7-8-17(12-16(15)14-23)21-13-18-6-5-10-22(18)4/h5-8,10,12,21H,9,11,13-14H2,1-4H3. The fourth-order valence-electron chi connectivity index (χ4n) is 3.02. The quantitative estimate of drug-likeness (QED) is 0.920. The highest BCUT2D eigenvalue weighted by molar-refractivity contribution is 5.69. The Morgan fingerprint density at radius 3 is 2.72 bits per heavy atom. The van der Waals surface area contributed by atoms with Crippen molar-refractivity contribution in [3.63, 3.8) is 0 Å². The van der Waals surface area contributed by atoms with Crippen LogP contribution in [-0.2, 0) is 31.3 Å². The summed E-state index contributed by atoms with van der Waals surface area (Å²) in [6, 6.07) is 10.6. The van der Waals surface area contributed by atoms with E-state index in [1.54, 1.807) is 4.90 Å². The van der Waals surface area contributed by atoms with Gasteiger partial charge >= 0.3 is 6.09 Å². The highest BCUT2D eigenvalue weighted by Gasteiger charge is 2.25. The van der Waals surface area contributed by atoms with Crippen molar-refractivity contribution >= 4 is 11.8 Å². The van der Waals surface area contributed by atoms with Crippen LogP contribution >= 0.6 is 0 Å². The number of benzene rings is 1. The van der Waals surface area contributed by atoms with Crippen LogP contribution in [0.5, 0.6) is 0 Å². The number of ether oxygens (including phenoxy) is 1. The lowest BCUT2D eigenvalue weighted by atomic mass is 9.99. The van der Waals surface area contributed by atoms with Gasteiger partial charge in [-0.3, -0.25) is 0 Å². The largest absolute Gasteiger partial charge is 0.444 e. The van der Waals surface area contributed by atoms with E-state index in [1.807, 2.05) is 40.1 Å². The van der Waals surface area contributed by atoms with Gasteiger partial charge in [0.1, 0.15) is 5.60 Å². The van der Waals surface area contributed by atoms with Crippen LogP contribution in [0.3, 0.4) is 0 Å². The third kappa shape index (κ3) is 4.35. The van der Waals surface area contributed by atoms with Crippen molar-refractivity contribution in [2.75, 3.05) is 11.9 Å². The van der Waals surface area contributed by atoms with Crippen LogP contribution in [0.4, 0.5) is 10.5 Å². The molecule has 0 aliphatic carbocycles. The molecule has 0 saturated carbocycles. The van der Waals surface area contributed by atoms with E-state index in [9.17, 15) is 4.79 Å². The summed E-state index contributed by atoms with van der Waals surface area (Å²) in [7, 11) is 2.04. The van der Waals surface area contributed by atoms with Crippen molar-refractivity contribution in [3.05, 3.63) is 53.3 Å². The molecule has 2 aromatic rings. The maximum Gasteiger partial charge on any atom is 0.410 e. The molecule has 2 heterocycles. The molecule has 1 aliphatic heterocycles. The van der Waals surface area contributed by atoms with Crippen molar-refractivity contribution in [1.29, 1.82) is 0 Å². The maximum absolute atomic E-state index is 12.3. The van der Waals surface area contributed by atoms with Crippen LogP contribution in [0.2, 0.25) is 0 Å². The Morgan fingerprint density at radius 2 is 2.04 bits per heavy atom. The van der Waals surface area contributed by atoms with E-state index in [-0.39, 0.29) is 6.09 Å². The first-order chi connectivity index (χ1) is 11.8. The van der Waals surface area contributed by atoms with E-state index < -0.39 is 5.60 Å². The molecule has 1 N–H and O–H groups in total. The van der Waals surface area contributed by atoms with Gasteiger partial charge in [0.05, 0.1) is 6.54 Å². The number of nitrogens with zero attached hydrogens (tertiary/aromatic N) is 2. The van der Waals surface area contributed by atoms with Gasteiger partial charge in [0.2, 0.25) is 0 Å². The van der Waals surface area contributed by atoms with E-state index in [2.05, 4.69) is 34.1 Å². The van der Waals surface area contributed by atoms with Crippen molar-refractivity contribution in [3.8, 4) is 0 Å². The predicted molar refractivity (Wildman–Crippen MR) is 99.5 cm³/mol. The second kappa shape index (κ2) is 6.82. The van der Waals surface area contributed by atoms with Crippen LogP contribution in [0.15, 0.2) is 36.5 Å². The van der Waals surface area contributed by atoms with Gasteiger partial charge in [-0.15, -0.1) is 0 Å². The lowest BCUT2D eigenvalue weighted by Gasteiger charge is -2.31. The first-order valence-corrected chi connectivity index (χ1v) is 8.76. The fraction of sp³-hybridized carbons (Fsp3) is 0.450.